The third-order valence-electron chi connectivity index (χ3n) is 5.04. The summed E-state index contributed by atoms with van der Waals surface area (Å²) in [6.07, 6.45) is 0. The zero-order chi connectivity index (χ0) is 17.3. The highest BCUT2D eigenvalue weighted by atomic mass is 29.3. The molecule has 0 aromatic heterocycles. The van der Waals surface area contributed by atoms with Gasteiger partial charge in [0.2, 0.25) is 0 Å². The Morgan fingerprint density at radius 3 is 1.87 bits per heavy atom. The van der Waals surface area contributed by atoms with Crippen molar-refractivity contribution in [2.75, 3.05) is 0 Å². The first-order valence-electron chi connectivity index (χ1n) is 8.31. The molecule has 120 valence electrons. The van der Waals surface area contributed by atoms with Crippen LogP contribution in [0.4, 0.5) is 0 Å². The molecule has 2 aromatic rings. The summed E-state index contributed by atoms with van der Waals surface area (Å²) in [4.78, 5) is 0. The average molecular weight is 337 g/mol. The van der Waals surface area contributed by atoms with E-state index in [1.165, 1.54) is 21.9 Å². The predicted molar refractivity (Wildman–Crippen MR) is 109 cm³/mol. The van der Waals surface area contributed by atoms with Gasteiger partial charge in [0.15, 0.2) is 0 Å². The predicted octanol–water partition coefficient (Wildman–Crippen LogP) is 5.04. The summed E-state index contributed by atoms with van der Waals surface area (Å²) in [6, 6.07) is 15.3. The van der Waals surface area contributed by atoms with Crippen LogP contribution in [0.15, 0.2) is 42.5 Å². The number of hydrogen-bond acceptors (Lipinski definition) is 0. The van der Waals surface area contributed by atoms with Gasteiger partial charge in [-0.3, -0.25) is 0 Å². The van der Waals surface area contributed by atoms with Gasteiger partial charge in [-0.25, -0.2) is 0 Å². The van der Waals surface area contributed by atoms with Crippen LogP contribution < -0.4 is 5.19 Å². The zero-order valence-corrected chi connectivity index (χ0v) is 17.5. The molecule has 0 amide bonds. The van der Waals surface area contributed by atoms with Crippen molar-refractivity contribution in [1.29, 1.82) is 0 Å². The summed E-state index contributed by atoms with van der Waals surface area (Å²) in [5.74, 6) is 6.86. The Bertz CT molecular complexity index is 748. The van der Waals surface area contributed by atoms with Crippen LogP contribution in [0.1, 0.15) is 22.3 Å². The van der Waals surface area contributed by atoms with Crippen LogP contribution in [0, 0.1) is 25.7 Å². The highest BCUT2D eigenvalue weighted by Gasteiger charge is 2.39. The molecule has 0 aliphatic carbocycles. The van der Waals surface area contributed by atoms with Gasteiger partial charge in [-0.1, -0.05) is 68.8 Å². The molecule has 0 fully saturated rings. The second kappa shape index (κ2) is 6.51. The van der Waals surface area contributed by atoms with E-state index in [0.717, 1.165) is 5.56 Å². The van der Waals surface area contributed by atoms with E-state index in [1.54, 1.807) is 0 Å². The third-order valence-corrected chi connectivity index (χ3v) is 22.6. The summed E-state index contributed by atoms with van der Waals surface area (Å²) in [5, 5.41) is 1.52. The van der Waals surface area contributed by atoms with E-state index in [2.05, 4.69) is 101 Å². The lowest BCUT2D eigenvalue weighted by Crippen LogP contribution is -2.61. The van der Waals surface area contributed by atoms with Gasteiger partial charge < -0.3 is 0 Å². The summed E-state index contributed by atoms with van der Waals surface area (Å²) in [6.45, 7) is 16.8. The Labute approximate surface area is 143 Å². The first kappa shape index (κ1) is 17.8. The minimum absolute atomic E-state index is 1.12. The van der Waals surface area contributed by atoms with Crippen LogP contribution in [0.2, 0.25) is 32.7 Å². The second-order valence-corrected chi connectivity index (χ2v) is 24.6. The van der Waals surface area contributed by atoms with E-state index in [-0.39, 0.29) is 0 Å². The SMILES string of the molecule is Cc1cc(C)cc(C#Cc2ccccc2[Si](C)(C)[Si](C)(C)C)c1. The minimum Gasteiger partial charge on any atom is -0.0712 e. The molecule has 2 rings (SSSR count). The molecule has 0 atom stereocenters. The van der Waals surface area contributed by atoms with Gasteiger partial charge in [0, 0.05) is 18.7 Å². The number of rotatable bonds is 2. The standard InChI is InChI=1S/C21H28Si2/c1-17-14-18(2)16-19(15-17)12-13-20-10-8-9-11-21(20)23(6,7)22(3,4)5/h8-11,14-16H,1-7H3. The lowest BCUT2D eigenvalue weighted by molar-refractivity contribution is 1.37. The minimum atomic E-state index is -1.45. The second-order valence-electron chi connectivity index (χ2n) is 8.05. The fourth-order valence-corrected chi connectivity index (χ4v) is 7.95. The fourth-order valence-electron chi connectivity index (χ4n) is 2.73. The highest BCUT2D eigenvalue weighted by molar-refractivity contribution is 7.45. The van der Waals surface area contributed by atoms with Crippen LogP contribution >= 0.6 is 0 Å². The molecule has 0 heterocycles. The van der Waals surface area contributed by atoms with Crippen LogP contribution in [0.25, 0.3) is 0 Å². The molecule has 23 heavy (non-hydrogen) atoms. The van der Waals surface area contributed by atoms with Crippen LogP contribution in [-0.4, -0.2) is 15.2 Å². The quantitative estimate of drug-likeness (QED) is 0.532. The van der Waals surface area contributed by atoms with Crippen LogP contribution in [0.5, 0.6) is 0 Å². The van der Waals surface area contributed by atoms with Gasteiger partial charge in [-0.15, -0.1) is 0 Å². The molecule has 0 unspecified atom stereocenters. The Morgan fingerprint density at radius 2 is 1.30 bits per heavy atom. The molecule has 0 spiro atoms. The van der Waals surface area contributed by atoms with Gasteiger partial charge in [0.1, 0.15) is 0 Å². The summed E-state index contributed by atoms with van der Waals surface area (Å²) >= 11 is 0. The summed E-state index contributed by atoms with van der Waals surface area (Å²) in [5.41, 5.74) is 4.90. The normalized spacial score (nSPS) is 11.8. The molecule has 0 saturated carbocycles. The van der Waals surface area contributed by atoms with Crippen molar-refractivity contribution < 1.29 is 0 Å². The van der Waals surface area contributed by atoms with E-state index in [0.29, 0.717) is 0 Å². The summed E-state index contributed by atoms with van der Waals surface area (Å²) < 4.78 is 0. The van der Waals surface area contributed by atoms with Crippen molar-refractivity contribution in [3.05, 3.63) is 64.7 Å². The van der Waals surface area contributed by atoms with Crippen LogP contribution in [0.3, 0.4) is 0 Å². The zero-order valence-electron chi connectivity index (χ0n) is 15.5. The number of hydrogen-bond donors (Lipinski definition) is 0. The number of aryl methyl sites for hydroxylation is 2. The molecule has 0 N–H and O–H groups in total. The monoisotopic (exact) mass is 336 g/mol. The average Bonchev–Trinajstić information content (AvgIpc) is 2.43. The molecular formula is C21H28Si2. The first-order valence-corrected chi connectivity index (χ1v) is 15.8. The Balaban J connectivity index is 2.49. The molecule has 0 nitrogen and oxygen atoms in total. The molecule has 2 heteroatoms. The smallest absolute Gasteiger partial charge is 0.0712 e. The van der Waals surface area contributed by atoms with Crippen molar-refractivity contribution in [1.82, 2.24) is 0 Å². The Morgan fingerprint density at radius 1 is 0.739 bits per heavy atom. The first-order chi connectivity index (χ1) is 10.6. The molecule has 0 saturated heterocycles. The molecular weight excluding hydrogens is 308 g/mol. The fraction of sp³-hybridized carbons (Fsp3) is 0.333. The van der Waals surface area contributed by atoms with E-state index >= 15 is 0 Å². The lowest BCUT2D eigenvalue weighted by atomic mass is 10.1. The third kappa shape index (κ3) is 4.04. The molecule has 0 radical (unpaired) electrons. The maximum atomic E-state index is 3.47. The van der Waals surface area contributed by atoms with Gasteiger partial charge >= 0.3 is 0 Å². The number of benzene rings is 2. The maximum Gasteiger partial charge on any atom is 0.0752 e. The van der Waals surface area contributed by atoms with Crippen molar-refractivity contribution in [2.24, 2.45) is 0 Å². The van der Waals surface area contributed by atoms with E-state index in [9.17, 15) is 0 Å². The van der Waals surface area contributed by atoms with Crippen molar-refractivity contribution in [3.8, 4) is 11.8 Å². The Hall–Kier alpha value is -1.57. The van der Waals surface area contributed by atoms with E-state index in [4.69, 9.17) is 0 Å². The molecule has 0 aliphatic rings. The van der Waals surface area contributed by atoms with E-state index in [1.807, 2.05) is 0 Å². The molecule has 0 bridgehead atoms. The maximum absolute atomic E-state index is 3.47. The van der Waals surface area contributed by atoms with E-state index < -0.39 is 15.2 Å². The lowest BCUT2D eigenvalue weighted by Gasteiger charge is -2.36. The molecule has 0 aliphatic heterocycles. The van der Waals surface area contributed by atoms with Gasteiger partial charge in [-0.2, -0.15) is 0 Å². The van der Waals surface area contributed by atoms with Crippen molar-refractivity contribution in [3.63, 3.8) is 0 Å². The largest absolute Gasteiger partial charge is 0.0752 e. The van der Waals surface area contributed by atoms with Crippen molar-refractivity contribution in [2.45, 2.75) is 46.6 Å². The van der Waals surface area contributed by atoms with Gasteiger partial charge in [-0.05, 0) is 48.4 Å². The van der Waals surface area contributed by atoms with Gasteiger partial charge in [0.05, 0.1) is 7.59 Å². The van der Waals surface area contributed by atoms with Gasteiger partial charge in [0.25, 0.3) is 0 Å². The topological polar surface area (TPSA) is 0 Å². The van der Waals surface area contributed by atoms with Crippen molar-refractivity contribution >= 4 is 20.4 Å². The Kier molecular flexibility index (Phi) is 5.03. The highest BCUT2D eigenvalue weighted by Crippen LogP contribution is 2.20. The van der Waals surface area contributed by atoms with Crippen LogP contribution in [-0.2, 0) is 0 Å². The molecule has 2 aromatic carbocycles. The summed E-state index contributed by atoms with van der Waals surface area (Å²) in [7, 11) is -2.66.